The molecule has 1 aliphatic carbocycles. The third-order valence-electron chi connectivity index (χ3n) is 7.14. The molecule has 0 radical (unpaired) electrons. The van der Waals surface area contributed by atoms with Crippen molar-refractivity contribution in [3.8, 4) is 11.3 Å². The van der Waals surface area contributed by atoms with E-state index in [1.165, 1.54) is 11.1 Å². The van der Waals surface area contributed by atoms with Gasteiger partial charge in [0.15, 0.2) is 0 Å². The molecule has 1 N–H and O–H groups in total. The predicted molar refractivity (Wildman–Crippen MR) is 150 cm³/mol. The molecular weight excluding hydrogens is 488 g/mol. The molecule has 1 saturated heterocycles. The lowest BCUT2D eigenvalue weighted by molar-refractivity contribution is 0.0951. The van der Waals surface area contributed by atoms with E-state index >= 15 is 0 Å². The highest BCUT2D eigenvalue weighted by Gasteiger charge is 2.23. The Labute approximate surface area is 227 Å². The molecule has 3 aromatic heterocycles. The van der Waals surface area contributed by atoms with Crippen LogP contribution in [0.1, 0.15) is 39.2 Å². The van der Waals surface area contributed by atoms with Crippen LogP contribution < -0.4 is 10.2 Å². The lowest BCUT2D eigenvalue weighted by Crippen LogP contribution is -2.37. The summed E-state index contributed by atoms with van der Waals surface area (Å²) in [7, 11) is 0. The number of anilines is 1. The van der Waals surface area contributed by atoms with Gasteiger partial charge in [0.25, 0.3) is 5.91 Å². The second-order valence-electron chi connectivity index (χ2n) is 9.79. The largest absolute Gasteiger partial charge is 0.378 e. The predicted octanol–water partition coefficient (Wildman–Crippen LogP) is 4.27. The SMILES string of the molecule is O=C(NCc1ccncc1)c1cccc(-c2nc(N3CCOCC3)nc3c2CCC(Cc2ccncc2)=C3)c1. The first-order chi connectivity index (χ1) is 19.2. The monoisotopic (exact) mass is 518 g/mol. The summed E-state index contributed by atoms with van der Waals surface area (Å²) in [4.78, 5) is 33.5. The standard InChI is InChI=1S/C31H30N6O2/c38-30(34-21-23-8-12-33-13-9-23)26-3-1-2-25(20-26)29-27-5-4-24(18-22-6-10-32-11-7-22)19-28(27)35-31(36-29)37-14-16-39-17-15-37/h1-3,6-13,19-20H,4-5,14-18,21H2,(H,34,38). The maximum atomic E-state index is 13.0. The van der Waals surface area contributed by atoms with Crippen LogP contribution in [-0.4, -0.2) is 52.1 Å². The first-order valence-electron chi connectivity index (χ1n) is 13.3. The van der Waals surface area contributed by atoms with Crippen LogP contribution in [0, 0.1) is 0 Å². The number of aromatic nitrogens is 4. The van der Waals surface area contributed by atoms with E-state index in [0.29, 0.717) is 31.3 Å². The van der Waals surface area contributed by atoms with Gasteiger partial charge in [-0.15, -0.1) is 0 Å². The Morgan fingerprint density at radius 1 is 0.897 bits per heavy atom. The number of pyridine rings is 2. The lowest BCUT2D eigenvalue weighted by Gasteiger charge is -2.29. The molecule has 0 unspecified atom stereocenters. The summed E-state index contributed by atoms with van der Waals surface area (Å²) in [5, 5.41) is 3.01. The Morgan fingerprint density at radius 2 is 1.64 bits per heavy atom. The molecule has 0 atom stereocenters. The van der Waals surface area contributed by atoms with Gasteiger partial charge in [0, 0.05) is 61.1 Å². The fraction of sp³-hybridized carbons (Fsp3) is 0.258. The first-order valence-corrected chi connectivity index (χ1v) is 13.3. The van der Waals surface area contributed by atoms with Crippen molar-refractivity contribution < 1.29 is 9.53 Å². The van der Waals surface area contributed by atoms with Crippen LogP contribution >= 0.6 is 0 Å². The van der Waals surface area contributed by atoms with Gasteiger partial charge in [-0.1, -0.05) is 17.7 Å². The van der Waals surface area contributed by atoms with E-state index in [-0.39, 0.29) is 5.91 Å². The van der Waals surface area contributed by atoms with Crippen molar-refractivity contribution in [1.82, 2.24) is 25.3 Å². The van der Waals surface area contributed by atoms with E-state index in [2.05, 4.69) is 38.4 Å². The molecule has 196 valence electrons. The van der Waals surface area contributed by atoms with E-state index in [4.69, 9.17) is 14.7 Å². The topological polar surface area (TPSA) is 93.1 Å². The van der Waals surface area contributed by atoms with Crippen LogP contribution in [0.5, 0.6) is 0 Å². The summed E-state index contributed by atoms with van der Waals surface area (Å²) in [6, 6.07) is 15.6. The van der Waals surface area contributed by atoms with Gasteiger partial charge in [-0.2, -0.15) is 0 Å². The van der Waals surface area contributed by atoms with Crippen molar-refractivity contribution in [2.45, 2.75) is 25.8 Å². The average molecular weight is 519 g/mol. The van der Waals surface area contributed by atoms with Gasteiger partial charge in [0.1, 0.15) is 0 Å². The Bertz CT molecular complexity index is 1480. The number of amides is 1. The molecule has 1 amide bonds. The number of hydrogen-bond donors (Lipinski definition) is 1. The van der Waals surface area contributed by atoms with E-state index < -0.39 is 0 Å². The zero-order valence-electron chi connectivity index (χ0n) is 21.7. The Morgan fingerprint density at radius 3 is 2.41 bits per heavy atom. The number of carbonyl (C=O) groups excluding carboxylic acids is 1. The quantitative estimate of drug-likeness (QED) is 0.391. The summed E-state index contributed by atoms with van der Waals surface area (Å²) >= 11 is 0. The molecule has 0 bridgehead atoms. The Kier molecular flexibility index (Phi) is 7.36. The molecular formula is C31H30N6O2. The summed E-state index contributed by atoms with van der Waals surface area (Å²) in [6.45, 7) is 3.27. The smallest absolute Gasteiger partial charge is 0.251 e. The van der Waals surface area contributed by atoms with Crippen LogP contribution in [0.3, 0.4) is 0 Å². The molecule has 8 heteroatoms. The maximum absolute atomic E-state index is 13.0. The number of nitrogens with zero attached hydrogens (tertiary/aromatic N) is 5. The third kappa shape index (κ3) is 5.86. The summed E-state index contributed by atoms with van der Waals surface area (Å²) in [5.74, 6) is 0.588. The van der Waals surface area contributed by atoms with Crippen molar-refractivity contribution in [2.24, 2.45) is 0 Å². The second-order valence-corrected chi connectivity index (χ2v) is 9.79. The van der Waals surface area contributed by atoms with E-state index in [0.717, 1.165) is 60.4 Å². The Balaban J connectivity index is 1.33. The van der Waals surface area contributed by atoms with Crippen LogP contribution in [-0.2, 0) is 24.1 Å². The number of morpholine rings is 1. The fourth-order valence-electron chi connectivity index (χ4n) is 5.04. The van der Waals surface area contributed by atoms with E-state index in [9.17, 15) is 4.79 Å². The minimum absolute atomic E-state index is 0.121. The zero-order chi connectivity index (χ0) is 26.4. The van der Waals surface area contributed by atoms with Gasteiger partial charge < -0.3 is 15.0 Å². The highest BCUT2D eigenvalue weighted by molar-refractivity contribution is 5.95. The number of hydrogen-bond acceptors (Lipinski definition) is 7. The molecule has 4 aromatic rings. The molecule has 1 fully saturated rings. The number of fused-ring (bicyclic) bond motifs is 1. The van der Waals surface area contributed by atoms with Crippen molar-refractivity contribution in [1.29, 1.82) is 0 Å². The highest BCUT2D eigenvalue weighted by Crippen LogP contribution is 2.34. The molecule has 39 heavy (non-hydrogen) atoms. The van der Waals surface area contributed by atoms with Crippen LogP contribution in [0.2, 0.25) is 0 Å². The molecule has 0 spiro atoms. The van der Waals surface area contributed by atoms with Crippen molar-refractivity contribution >= 4 is 17.9 Å². The summed E-state index contributed by atoms with van der Waals surface area (Å²) in [6.07, 6.45) is 12.0. The maximum Gasteiger partial charge on any atom is 0.251 e. The van der Waals surface area contributed by atoms with Gasteiger partial charge in [-0.25, -0.2) is 9.97 Å². The van der Waals surface area contributed by atoms with Gasteiger partial charge in [0.05, 0.1) is 24.6 Å². The molecule has 4 heterocycles. The number of rotatable bonds is 7. The normalized spacial score (nSPS) is 14.9. The van der Waals surface area contributed by atoms with Crippen LogP contribution in [0.25, 0.3) is 17.3 Å². The van der Waals surface area contributed by atoms with Gasteiger partial charge in [0.2, 0.25) is 5.95 Å². The van der Waals surface area contributed by atoms with E-state index in [1.54, 1.807) is 12.4 Å². The molecule has 1 aliphatic heterocycles. The number of benzene rings is 1. The zero-order valence-corrected chi connectivity index (χ0v) is 21.7. The number of allylic oxidation sites excluding steroid dienone is 1. The third-order valence-corrected chi connectivity index (χ3v) is 7.14. The van der Waals surface area contributed by atoms with Gasteiger partial charge in [-0.3, -0.25) is 14.8 Å². The number of carbonyl (C=O) groups is 1. The van der Waals surface area contributed by atoms with Crippen LogP contribution in [0.4, 0.5) is 5.95 Å². The molecule has 1 aromatic carbocycles. The van der Waals surface area contributed by atoms with Gasteiger partial charge in [-0.05, 0) is 72.9 Å². The minimum Gasteiger partial charge on any atom is -0.378 e. The second kappa shape index (κ2) is 11.5. The Hall–Kier alpha value is -4.43. The van der Waals surface area contributed by atoms with Crippen LogP contribution in [0.15, 0.2) is 78.9 Å². The molecule has 6 rings (SSSR count). The number of nitrogens with one attached hydrogen (secondary N) is 1. The first kappa shape index (κ1) is 24.9. The summed E-state index contributed by atoms with van der Waals surface area (Å²) < 4.78 is 5.57. The van der Waals surface area contributed by atoms with E-state index in [1.807, 2.05) is 48.8 Å². The minimum atomic E-state index is -0.121. The van der Waals surface area contributed by atoms with Gasteiger partial charge >= 0.3 is 0 Å². The van der Waals surface area contributed by atoms with Crippen molar-refractivity contribution in [3.05, 3.63) is 107 Å². The molecule has 0 saturated carbocycles. The highest BCUT2D eigenvalue weighted by atomic mass is 16.5. The summed E-state index contributed by atoms with van der Waals surface area (Å²) in [5.41, 5.74) is 8.10. The van der Waals surface area contributed by atoms with Crippen molar-refractivity contribution in [2.75, 3.05) is 31.2 Å². The number of ether oxygens (including phenoxy) is 1. The average Bonchev–Trinajstić information content (AvgIpc) is 3.00. The fourth-order valence-corrected chi connectivity index (χ4v) is 5.04. The molecule has 8 nitrogen and oxygen atoms in total. The molecule has 2 aliphatic rings. The lowest BCUT2D eigenvalue weighted by atomic mass is 9.89. The van der Waals surface area contributed by atoms with Crippen molar-refractivity contribution in [3.63, 3.8) is 0 Å².